The summed E-state index contributed by atoms with van der Waals surface area (Å²) in [5.41, 5.74) is 15.7. The Morgan fingerprint density at radius 1 is 0.903 bits per heavy atom. The van der Waals surface area contributed by atoms with Gasteiger partial charge in [0.1, 0.15) is 6.04 Å². The van der Waals surface area contributed by atoms with E-state index in [1.165, 1.54) is 0 Å². The normalized spacial score (nSPS) is 12.2. The SMILES string of the molecule is NC(=NC(=O)c1ccc(C[C@H](N)C(=O)O)cc1)NCc1cccc(-c2ccccc2)c1. The maximum absolute atomic E-state index is 12.3. The monoisotopic (exact) mass is 416 g/mol. The first-order valence-electron chi connectivity index (χ1n) is 9.76. The Balaban J connectivity index is 1.59. The molecule has 0 heterocycles. The van der Waals surface area contributed by atoms with Gasteiger partial charge in [-0.25, -0.2) is 0 Å². The van der Waals surface area contributed by atoms with Crippen LogP contribution in [0.25, 0.3) is 11.1 Å². The molecule has 6 N–H and O–H groups in total. The molecule has 1 atom stereocenters. The molecule has 1 amide bonds. The van der Waals surface area contributed by atoms with E-state index < -0.39 is 17.9 Å². The number of amides is 1. The van der Waals surface area contributed by atoms with Crippen LogP contribution in [-0.4, -0.2) is 29.0 Å². The maximum Gasteiger partial charge on any atom is 0.320 e. The summed E-state index contributed by atoms with van der Waals surface area (Å²) in [5, 5.41) is 11.8. The fourth-order valence-electron chi connectivity index (χ4n) is 3.02. The van der Waals surface area contributed by atoms with Gasteiger partial charge in [-0.05, 0) is 46.9 Å². The molecule has 0 radical (unpaired) electrons. The van der Waals surface area contributed by atoms with Gasteiger partial charge in [0.25, 0.3) is 5.91 Å². The van der Waals surface area contributed by atoms with Gasteiger partial charge in [0.05, 0.1) is 0 Å². The van der Waals surface area contributed by atoms with E-state index in [9.17, 15) is 9.59 Å². The smallest absolute Gasteiger partial charge is 0.320 e. The van der Waals surface area contributed by atoms with Gasteiger partial charge in [0.2, 0.25) is 0 Å². The number of carboxylic acids is 1. The molecule has 3 aromatic rings. The zero-order chi connectivity index (χ0) is 22.2. The Bertz CT molecular complexity index is 1080. The van der Waals surface area contributed by atoms with Crippen LogP contribution in [0.1, 0.15) is 21.5 Å². The highest BCUT2D eigenvalue weighted by Gasteiger charge is 2.12. The highest BCUT2D eigenvalue weighted by molar-refractivity contribution is 6.02. The molecule has 3 aromatic carbocycles. The lowest BCUT2D eigenvalue weighted by atomic mass is 10.0. The predicted molar refractivity (Wildman–Crippen MR) is 120 cm³/mol. The van der Waals surface area contributed by atoms with E-state index in [1.807, 2.05) is 48.5 Å². The number of carbonyl (C=O) groups excluding carboxylic acids is 1. The molecule has 158 valence electrons. The molecule has 0 aromatic heterocycles. The number of rotatable bonds is 7. The van der Waals surface area contributed by atoms with Crippen LogP contribution in [0.2, 0.25) is 0 Å². The molecule has 7 heteroatoms. The summed E-state index contributed by atoms with van der Waals surface area (Å²) in [6, 6.07) is 23.5. The van der Waals surface area contributed by atoms with Gasteiger partial charge in [0, 0.05) is 12.1 Å². The number of hydrogen-bond donors (Lipinski definition) is 4. The predicted octanol–water partition coefficient (Wildman–Crippen LogP) is 2.55. The summed E-state index contributed by atoms with van der Waals surface area (Å²) in [4.78, 5) is 27.0. The second-order valence-corrected chi connectivity index (χ2v) is 7.07. The van der Waals surface area contributed by atoms with E-state index in [-0.39, 0.29) is 12.4 Å². The quantitative estimate of drug-likeness (QED) is 0.346. The van der Waals surface area contributed by atoms with Gasteiger partial charge in [-0.3, -0.25) is 9.59 Å². The lowest BCUT2D eigenvalue weighted by Gasteiger charge is -2.08. The van der Waals surface area contributed by atoms with Crippen molar-refractivity contribution in [3.8, 4) is 11.1 Å². The second kappa shape index (κ2) is 10.2. The molecule has 0 fully saturated rings. The third kappa shape index (κ3) is 6.25. The van der Waals surface area contributed by atoms with Crippen molar-refractivity contribution < 1.29 is 14.7 Å². The minimum Gasteiger partial charge on any atom is -0.480 e. The second-order valence-electron chi connectivity index (χ2n) is 7.07. The van der Waals surface area contributed by atoms with Crippen LogP contribution in [0.5, 0.6) is 0 Å². The van der Waals surface area contributed by atoms with E-state index in [0.717, 1.165) is 22.3 Å². The molecule has 7 nitrogen and oxygen atoms in total. The van der Waals surface area contributed by atoms with Crippen LogP contribution in [0.4, 0.5) is 0 Å². The highest BCUT2D eigenvalue weighted by atomic mass is 16.4. The average molecular weight is 416 g/mol. The molecule has 0 saturated heterocycles. The number of guanidine groups is 1. The first-order valence-corrected chi connectivity index (χ1v) is 9.76. The lowest BCUT2D eigenvalue weighted by Crippen LogP contribution is -2.32. The van der Waals surface area contributed by atoms with Gasteiger partial charge in [-0.15, -0.1) is 0 Å². The number of nitrogens with two attached hydrogens (primary N) is 2. The minimum absolute atomic E-state index is 0.0205. The first kappa shape index (κ1) is 21.7. The number of nitrogens with zero attached hydrogens (tertiary/aromatic N) is 1. The minimum atomic E-state index is -1.07. The number of carbonyl (C=O) groups is 2. The Kier molecular flexibility index (Phi) is 7.13. The molecule has 0 unspecified atom stereocenters. The summed E-state index contributed by atoms with van der Waals surface area (Å²) in [7, 11) is 0. The van der Waals surface area contributed by atoms with Crippen LogP contribution in [0, 0.1) is 0 Å². The van der Waals surface area contributed by atoms with Crippen molar-refractivity contribution in [2.24, 2.45) is 16.5 Å². The van der Waals surface area contributed by atoms with Gasteiger partial charge in [0.15, 0.2) is 5.96 Å². The molecule has 3 rings (SSSR count). The van der Waals surface area contributed by atoms with E-state index in [1.54, 1.807) is 24.3 Å². The van der Waals surface area contributed by atoms with Gasteiger partial charge < -0.3 is 21.9 Å². The number of aliphatic carboxylic acids is 1. The molecule has 0 spiro atoms. The third-order valence-electron chi connectivity index (χ3n) is 4.70. The molecule has 0 bridgehead atoms. The maximum atomic E-state index is 12.3. The highest BCUT2D eigenvalue weighted by Crippen LogP contribution is 2.19. The summed E-state index contributed by atoms with van der Waals surface area (Å²) in [6.07, 6.45) is 0.179. The van der Waals surface area contributed by atoms with Crippen molar-refractivity contribution in [1.82, 2.24) is 5.32 Å². The standard InChI is InChI=1S/C24H24N4O3/c25-21(23(30)31)14-16-9-11-19(12-10-16)22(29)28-24(26)27-15-17-5-4-8-20(13-17)18-6-2-1-3-7-18/h1-13,21H,14-15,25H2,(H,30,31)(H3,26,27,28,29)/t21-/m0/s1. The number of aliphatic imine (C=N–C) groups is 1. The zero-order valence-electron chi connectivity index (χ0n) is 16.9. The molecule has 31 heavy (non-hydrogen) atoms. The van der Waals surface area contributed by atoms with Crippen molar-refractivity contribution >= 4 is 17.8 Å². The van der Waals surface area contributed by atoms with Crippen LogP contribution < -0.4 is 16.8 Å². The summed E-state index contributed by atoms with van der Waals surface area (Å²) < 4.78 is 0. The van der Waals surface area contributed by atoms with Crippen molar-refractivity contribution in [3.05, 3.63) is 95.6 Å². The van der Waals surface area contributed by atoms with E-state index in [2.05, 4.69) is 16.4 Å². The Labute approximate surface area is 180 Å². The van der Waals surface area contributed by atoms with E-state index >= 15 is 0 Å². The average Bonchev–Trinajstić information content (AvgIpc) is 2.79. The summed E-state index contributed by atoms with van der Waals surface area (Å²) in [6.45, 7) is 0.426. The van der Waals surface area contributed by atoms with Crippen molar-refractivity contribution in [3.63, 3.8) is 0 Å². The third-order valence-corrected chi connectivity index (χ3v) is 4.70. The van der Waals surface area contributed by atoms with Crippen LogP contribution in [-0.2, 0) is 17.8 Å². The fraction of sp³-hybridized carbons (Fsp3) is 0.125. The lowest BCUT2D eigenvalue weighted by molar-refractivity contribution is -0.138. The van der Waals surface area contributed by atoms with Crippen LogP contribution in [0.3, 0.4) is 0 Å². The molecule has 0 aliphatic heterocycles. The number of benzene rings is 3. The van der Waals surface area contributed by atoms with Gasteiger partial charge in [-0.1, -0.05) is 60.7 Å². The summed E-state index contributed by atoms with van der Waals surface area (Å²) >= 11 is 0. The molecule has 0 aliphatic rings. The number of hydrogen-bond acceptors (Lipinski definition) is 3. The largest absolute Gasteiger partial charge is 0.480 e. The van der Waals surface area contributed by atoms with Crippen LogP contribution >= 0.6 is 0 Å². The molecular formula is C24H24N4O3. The van der Waals surface area contributed by atoms with Crippen molar-refractivity contribution in [2.45, 2.75) is 19.0 Å². The van der Waals surface area contributed by atoms with Crippen molar-refractivity contribution in [2.75, 3.05) is 0 Å². The van der Waals surface area contributed by atoms with Crippen LogP contribution in [0.15, 0.2) is 83.9 Å². The zero-order valence-corrected chi connectivity index (χ0v) is 16.9. The van der Waals surface area contributed by atoms with Gasteiger partial charge in [-0.2, -0.15) is 4.99 Å². The van der Waals surface area contributed by atoms with Crippen molar-refractivity contribution in [1.29, 1.82) is 0 Å². The molecule has 0 saturated carbocycles. The van der Waals surface area contributed by atoms with E-state index in [4.69, 9.17) is 16.6 Å². The Morgan fingerprint density at radius 2 is 1.58 bits per heavy atom. The Hall–Kier alpha value is -3.97. The number of nitrogens with one attached hydrogen (secondary N) is 1. The molecular weight excluding hydrogens is 392 g/mol. The van der Waals surface area contributed by atoms with E-state index in [0.29, 0.717) is 12.1 Å². The summed E-state index contributed by atoms with van der Waals surface area (Å²) in [5.74, 6) is -1.54. The first-order chi connectivity index (χ1) is 14.9. The fourth-order valence-corrected chi connectivity index (χ4v) is 3.02. The van der Waals surface area contributed by atoms with Gasteiger partial charge >= 0.3 is 5.97 Å². The molecule has 0 aliphatic carbocycles. The Morgan fingerprint density at radius 3 is 2.26 bits per heavy atom. The number of carboxylic acid groups (broad SMARTS) is 1. The topological polar surface area (TPSA) is 131 Å².